The van der Waals surface area contributed by atoms with Gasteiger partial charge in [0.2, 0.25) is 0 Å². The van der Waals surface area contributed by atoms with E-state index in [1.807, 2.05) is 29.2 Å². The predicted octanol–water partition coefficient (Wildman–Crippen LogP) is 2.88. The fourth-order valence-corrected chi connectivity index (χ4v) is 4.32. The largest absolute Gasteiger partial charge is 0.337 e. The molecule has 1 saturated heterocycles. The predicted molar refractivity (Wildman–Crippen MR) is 108 cm³/mol. The highest BCUT2D eigenvalue weighted by molar-refractivity contribution is 7.00. The van der Waals surface area contributed by atoms with Gasteiger partial charge >= 0.3 is 0 Å². The number of hydrogen-bond donors (Lipinski definition) is 0. The molecule has 0 saturated carbocycles. The van der Waals surface area contributed by atoms with Crippen LogP contribution in [0.4, 0.5) is 0 Å². The zero-order chi connectivity index (χ0) is 19.1. The van der Waals surface area contributed by atoms with E-state index in [1.165, 1.54) is 0 Å². The Hall–Kier alpha value is -3.13. The first-order valence-corrected chi connectivity index (χ1v) is 9.91. The SMILES string of the molecule is O=C(c1ccc2nsnc2c1)N1CCC[C@@H](n2cnc3ccccc3c2=O)C1. The van der Waals surface area contributed by atoms with Crippen molar-refractivity contribution < 1.29 is 4.79 Å². The van der Waals surface area contributed by atoms with E-state index >= 15 is 0 Å². The average molecular weight is 391 g/mol. The number of hydrogen-bond acceptors (Lipinski definition) is 6. The number of likely N-dealkylation sites (tertiary alicyclic amines) is 1. The summed E-state index contributed by atoms with van der Waals surface area (Å²) in [5.41, 5.74) is 2.77. The van der Waals surface area contributed by atoms with Crippen LogP contribution in [0.5, 0.6) is 0 Å². The number of carbonyl (C=O) groups is 1. The molecule has 2 aromatic carbocycles. The Labute approximate surface area is 164 Å². The summed E-state index contributed by atoms with van der Waals surface area (Å²) >= 11 is 1.14. The van der Waals surface area contributed by atoms with Crippen LogP contribution < -0.4 is 5.56 Å². The van der Waals surface area contributed by atoms with Crippen molar-refractivity contribution >= 4 is 39.6 Å². The van der Waals surface area contributed by atoms with Crippen molar-refractivity contribution in [1.82, 2.24) is 23.2 Å². The van der Waals surface area contributed by atoms with Crippen LogP contribution in [0.3, 0.4) is 0 Å². The molecular weight excluding hydrogens is 374 g/mol. The minimum Gasteiger partial charge on any atom is -0.337 e. The maximum atomic E-state index is 13.0. The Kier molecular flexibility index (Phi) is 4.12. The molecule has 1 atom stereocenters. The molecule has 28 heavy (non-hydrogen) atoms. The summed E-state index contributed by atoms with van der Waals surface area (Å²) in [6.45, 7) is 1.17. The summed E-state index contributed by atoms with van der Waals surface area (Å²) in [5.74, 6) is -0.0404. The fraction of sp³-hybridized carbons (Fsp3) is 0.250. The topological polar surface area (TPSA) is 81.0 Å². The Morgan fingerprint density at radius 3 is 2.86 bits per heavy atom. The third-order valence-corrected chi connectivity index (χ3v) is 5.82. The molecule has 0 unspecified atom stereocenters. The first-order valence-electron chi connectivity index (χ1n) is 9.18. The van der Waals surface area contributed by atoms with E-state index in [2.05, 4.69) is 13.7 Å². The highest BCUT2D eigenvalue weighted by atomic mass is 32.1. The van der Waals surface area contributed by atoms with Gasteiger partial charge in [0, 0.05) is 18.7 Å². The second-order valence-corrected chi connectivity index (χ2v) is 7.52. The van der Waals surface area contributed by atoms with E-state index in [9.17, 15) is 9.59 Å². The molecule has 3 heterocycles. The van der Waals surface area contributed by atoms with Gasteiger partial charge in [0.05, 0.1) is 35.0 Å². The molecular formula is C20H17N5O2S. The van der Waals surface area contributed by atoms with Crippen molar-refractivity contribution in [3.8, 4) is 0 Å². The smallest absolute Gasteiger partial charge is 0.261 e. The Bertz CT molecular complexity index is 1250. The van der Waals surface area contributed by atoms with Crippen molar-refractivity contribution in [2.45, 2.75) is 18.9 Å². The van der Waals surface area contributed by atoms with Gasteiger partial charge in [-0.15, -0.1) is 0 Å². The lowest BCUT2D eigenvalue weighted by Crippen LogP contribution is -2.43. The first-order chi connectivity index (χ1) is 13.7. The Morgan fingerprint density at radius 1 is 1.07 bits per heavy atom. The van der Waals surface area contributed by atoms with E-state index in [4.69, 9.17) is 0 Å². The van der Waals surface area contributed by atoms with Gasteiger partial charge in [0.15, 0.2) is 0 Å². The monoisotopic (exact) mass is 391 g/mol. The summed E-state index contributed by atoms with van der Waals surface area (Å²) in [6, 6.07) is 12.7. The zero-order valence-electron chi connectivity index (χ0n) is 15.0. The number of benzene rings is 2. The highest BCUT2D eigenvalue weighted by Gasteiger charge is 2.26. The van der Waals surface area contributed by atoms with Gasteiger partial charge in [-0.1, -0.05) is 12.1 Å². The van der Waals surface area contributed by atoms with E-state index in [-0.39, 0.29) is 17.5 Å². The molecule has 0 radical (unpaired) electrons. The normalized spacial score (nSPS) is 17.3. The lowest BCUT2D eigenvalue weighted by atomic mass is 10.0. The van der Waals surface area contributed by atoms with Gasteiger partial charge in [-0.25, -0.2) is 4.98 Å². The number of piperidine rings is 1. The number of carbonyl (C=O) groups excluding carboxylic acids is 1. The summed E-state index contributed by atoms with van der Waals surface area (Å²) in [5, 5.41) is 0.606. The van der Waals surface area contributed by atoms with Crippen molar-refractivity contribution in [3.05, 3.63) is 64.7 Å². The van der Waals surface area contributed by atoms with E-state index in [1.54, 1.807) is 29.1 Å². The molecule has 0 aliphatic carbocycles. The fourth-order valence-electron chi connectivity index (χ4n) is 3.81. The number of rotatable bonds is 2. The standard InChI is InChI=1S/C20H17N5O2S/c26-19(13-7-8-17-18(10-13)23-28-22-17)24-9-3-4-14(11-24)25-12-21-16-6-2-1-5-15(16)20(25)27/h1-2,5-8,10,12,14H,3-4,9,11H2/t14-/m1/s1. The molecule has 0 bridgehead atoms. The minimum atomic E-state index is -0.0769. The van der Waals surface area contributed by atoms with E-state index < -0.39 is 0 Å². The molecule has 7 nitrogen and oxygen atoms in total. The van der Waals surface area contributed by atoms with Crippen molar-refractivity contribution in [3.63, 3.8) is 0 Å². The molecule has 140 valence electrons. The molecule has 1 amide bonds. The third kappa shape index (κ3) is 2.86. The zero-order valence-corrected chi connectivity index (χ0v) is 15.8. The molecule has 0 N–H and O–H groups in total. The van der Waals surface area contributed by atoms with Crippen LogP contribution in [0.25, 0.3) is 21.9 Å². The molecule has 1 fully saturated rings. The van der Waals surface area contributed by atoms with Crippen molar-refractivity contribution in [2.24, 2.45) is 0 Å². The Morgan fingerprint density at radius 2 is 1.93 bits per heavy atom. The van der Waals surface area contributed by atoms with Gasteiger partial charge < -0.3 is 4.90 Å². The maximum absolute atomic E-state index is 13.0. The van der Waals surface area contributed by atoms with Crippen molar-refractivity contribution in [1.29, 1.82) is 0 Å². The maximum Gasteiger partial charge on any atom is 0.261 e. The van der Waals surface area contributed by atoms with Crippen LogP contribution in [-0.4, -0.2) is 42.2 Å². The number of aromatic nitrogens is 4. The Balaban J connectivity index is 1.44. The van der Waals surface area contributed by atoms with Crippen LogP contribution in [0.15, 0.2) is 53.6 Å². The molecule has 8 heteroatoms. The second kappa shape index (κ2) is 6.79. The molecule has 1 aliphatic rings. The van der Waals surface area contributed by atoms with Gasteiger partial charge in [-0.05, 0) is 43.2 Å². The summed E-state index contributed by atoms with van der Waals surface area (Å²) < 4.78 is 10.1. The molecule has 4 aromatic rings. The summed E-state index contributed by atoms with van der Waals surface area (Å²) in [6.07, 6.45) is 3.30. The van der Waals surface area contributed by atoms with Crippen LogP contribution >= 0.6 is 11.7 Å². The van der Waals surface area contributed by atoms with Gasteiger partial charge in [-0.2, -0.15) is 8.75 Å². The number of nitrogens with zero attached hydrogens (tertiary/aromatic N) is 5. The van der Waals surface area contributed by atoms with Crippen LogP contribution in [0.2, 0.25) is 0 Å². The third-order valence-electron chi connectivity index (χ3n) is 5.27. The van der Waals surface area contributed by atoms with E-state index in [0.717, 1.165) is 35.6 Å². The van der Waals surface area contributed by atoms with Crippen LogP contribution in [-0.2, 0) is 0 Å². The lowest BCUT2D eigenvalue weighted by molar-refractivity contribution is 0.0677. The lowest BCUT2D eigenvalue weighted by Gasteiger charge is -2.33. The molecule has 5 rings (SSSR count). The number of amides is 1. The minimum absolute atomic E-state index is 0.0404. The average Bonchev–Trinajstić information content (AvgIpc) is 3.22. The molecule has 1 aliphatic heterocycles. The van der Waals surface area contributed by atoms with Crippen molar-refractivity contribution in [2.75, 3.05) is 13.1 Å². The number of fused-ring (bicyclic) bond motifs is 2. The number of para-hydroxylation sites is 1. The van der Waals surface area contributed by atoms with E-state index in [0.29, 0.717) is 29.6 Å². The second-order valence-electron chi connectivity index (χ2n) is 6.99. The highest BCUT2D eigenvalue weighted by Crippen LogP contribution is 2.23. The molecule has 0 spiro atoms. The van der Waals surface area contributed by atoms with Gasteiger partial charge in [0.1, 0.15) is 11.0 Å². The van der Waals surface area contributed by atoms with Gasteiger partial charge in [0.25, 0.3) is 11.5 Å². The first kappa shape index (κ1) is 17.0. The van der Waals surface area contributed by atoms with Crippen LogP contribution in [0.1, 0.15) is 29.2 Å². The quantitative estimate of drug-likeness (QED) is 0.525. The summed E-state index contributed by atoms with van der Waals surface area (Å²) in [4.78, 5) is 32.1. The van der Waals surface area contributed by atoms with Gasteiger partial charge in [-0.3, -0.25) is 14.2 Å². The van der Waals surface area contributed by atoms with Crippen LogP contribution in [0, 0.1) is 0 Å². The molecule has 2 aromatic heterocycles. The summed E-state index contributed by atoms with van der Waals surface area (Å²) in [7, 11) is 0.